The van der Waals surface area contributed by atoms with Crippen LogP contribution in [0, 0.1) is 0 Å². The van der Waals surface area contributed by atoms with E-state index in [9.17, 15) is 13.2 Å². The van der Waals surface area contributed by atoms with Gasteiger partial charge in [0.05, 0.1) is 17.7 Å². The Labute approximate surface area is 195 Å². The highest BCUT2D eigenvalue weighted by molar-refractivity contribution is 9.10. The average molecular weight is 522 g/mol. The van der Waals surface area contributed by atoms with Gasteiger partial charge in [0.15, 0.2) is 11.5 Å². The molecule has 1 fully saturated rings. The quantitative estimate of drug-likeness (QED) is 0.443. The molecule has 2 aromatic rings. The summed E-state index contributed by atoms with van der Waals surface area (Å²) in [6.45, 7) is -0.113. The number of hydrogen-bond donors (Lipinski definition) is 1. The van der Waals surface area contributed by atoms with Crippen LogP contribution in [0.5, 0.6) is 11.5 Å². The molecule has 1 heterocycles. The largest absolute Gasteiger partial charge is 0.454 e. The first-order valence-electron chi connectivity index (χ1n) is 10.4. The fourth-order valence-electron chi connectivity index (χ4n) is 3.87. The van der Waals surface area contributed by atoms with Crippen LogP contribution in [0.25, 0.3) is 0 Å². The maximum atomic E-state index is 13.3. The van der Waals surface area contributed by atoms with Gasteiger partial charge in [-0.1, -0.05) is 35.2 Å². The summed E-state index contributed by atoms with van der Waals surface area (Å²) in [7, 11) is -3.83. The van der Waals surface area contributed by atoms with Crippen molar-refractivity contribution in [1.29, 1.82) is 0 Å². The molecule has 1 aliphatic heterocycles. The summed E-state index contributed by atoms with van der Waals surface area (Å²) < 4.78 is 39.4. The van der Waals surface area contributed by atoms with E-state index < -0.39 is 15.9 Å². The van der Waals surface area contributed by atoms with Crippen molar-refractivity contribution in [1.82, 2.24) is 9.73 Å². The number of carbonyl (C=O) groups excluding carboxylic acids is 1. The molecule has 0 saturated heterocycles. The molecule has 0 unspecified atom stereocenters. The summed E-state index contributed by atoms with van der Waals surface area (Å²) in [4.78, 5) is 12.8. The Hall–Kier alpha value is -2.43. The molecule has 1 aliphatic carbocycles. The average Bonchev–Trinajstić information content (AvgIpc) is 3.26. The van der Waals surface area contributed by atoms with Gasteiger partial charge >= 0.3 is 0 Å². The Morgan fingerprint density at radius 3 is 2.56 bits per heavy atom. The molecule has 2 aromatic carbocycles. The van der Waals surface area contributed by atoms with E-state index in [4.69, 9.17) is 9.47 Å². The number of nitrogens with zero attached hydrogens (tertiary/aromatic N) is 2. The highest BCUT2D eigenvalue weighted by Crippen LogP contribution is 2.32. The summed E-state index contributed by atoms with van der Waals surface area (Å²) in [6.07, 6.45) is 5.93. The second kappa shape index (κ2) is 10.0. The number of halogens is 1. The Morgan fingerprint density at radius 2 is 1.81 bits per heavy atom. The maximum Gasteiger partial charge on any atom is 0.255 e. The Morgan fingerprint density at radius 1 is 1.09 bits per heavy atom. The number of hydrazone groups is 1. The predicted octanol–water partition coefficient (Wildman–Crippen LogP) is 3.65. The van der Waals surface area contributed by atoms with Crippen molar-refractivity contribution in [3.8, 4) is 11.5 Å². The fraction of sp³-hybridized carbons (Fsp3) is 0.364. The van der Waals surface area contributed by atoms with E-state index >= 15 is 0 Å². The molecule has 1 amide bonds. The molecular weight excluding hydrogens is 498 g/mol. The van der Waals surface area contributed by atoms with Crippen LogP contribution in [0.3, 0.4) is 0 Å². The molecule has 1 N–H and O–H groups in total. The van der Waals surface area contributed by atoms with Crippen molar-refractivity contribution in [2.75, 3.05) is 13.3 Å². The van der Waals surface area contributed by atoms with Gasteiger partial charge in [0.25, 0.3) is 5.91 Å². The molecule has 0 spiro atoms. The summed E-state index contributed by atoms with van der Waals surface area (Å²) in [6, 6.07) is 11.6. The molecule has 0 atom stereocenters. The lowest BCUT2D eigenvalue weighted by atomic mass is 9.95. The summed E-state index contributed by atoms with van der Waals surface area (Å²) in [5.41, 5.74) is 3.17. The van der Waals surface area contributed by atoms with Crippen LogP contribution in [0.4, 0.5) is 0 Å². The molecule has 2 aliphatic rings. The number of rotatable bonds is 7. The highest BCUT2D eigenvalue weighted by Gasteiger charge is 2.33. The van der Waals surface area contributed by atoms with Gasteiger partial charge in [0.1, 0.15) is 0 Å². The fourth-order valence-corrected chi connectivity index (χ4v) is 5.78. The molecule has 170 valence electrons. The third-order valence-electron chi connectivity index (χ3n) is 5.50. The number of hydrogen-bond acceptors (Lipinski definition) is 6. The first-order chi connectivity index (χ1) is 15.4. The van der Waals surface area contributed by atoms with E-state index in [0.717, 1.165) is 42.1 Å². The zero-order valence-electron chi connectivity index (χ0n) is 17.4. The molecule has 10 heteroatoms. The van der Waals surface area contributed by atoms with Gasteiger partial charge in [-0.05, 0) is 60.9 Å². The van der Waals surface area contributed by atoms with Gasteiger partial charge < -0.3 is 9.47 Å². The van der Waals surface area contributed by atoms with Crippen LogP contribution in [-0.2, 0) is 14.8 Å². The van der Waals surface area contributed by atoms with E-state index in [-0.39, 0.29) is 24.3 Å². The first kappa shape index (κ1) is 22.8. The van der Waals surface area contributed by atoms with Crippen molar-refractivity contribution in [2.24, 2.45) is 5.10 Å². The number of amides is 1. The number of benzene rings is 2. The lowest BCUT2D eigenvalue weighted by Crippen LogP contribution is -2.46. The topological polar surface area (TPSA) is 97.3 Å². The monoisotopic (exact) mass is 521 g/mol. The SMILES string of the molecule is O=C(CN(C1CCCCC1)S(=O)(=O)c1ccc(Br)cc1)N/N=C\c1ccc2c(c1)OCO2. The van der Waals surface area contributed by atoms with Gasteiger partial charge in [-0.15, -0.1) is 0 Å². The minimum atomic E-state index is -3.83. The van der Waals surface area contributed by atoms with Crippen LogP contribution in [0.1, 0.15) is 37.7 Å². The lowest BCUT2D eigenvalue weighted by molar-refractivity contribution is -0.121. The van der Waals surface area contributed by atoms with Crippen LogP contribution < -0.4 is 14.9 Å². The third-order valence-corrected chi connectivity index (χ3v) is 7.94. The summed E-state index contributed by atoms with van der Waals surface area (Å²) >= 11 is 3.33. The number of sulfonamides is 1. The van der Waals surface area contributed by atoms with Gasteiger partial charge in [-0.25, -0.2) is 13.8 Å². The van der Waals surface area contributed by atoms with Crippen LogP contribution in [-0.4, -0.2) is 44.2 Å². The third kappa shape index (κ3) is 5.31. The van der Waals surface area contributed by atoms with Crippen LogP contribution in [0.15, 0.2) is 56.9 Å². The minimum absolute atomic E-state index is 0.169. The lowest BCUT2D eigenvalue weighted by Gasteiger charge is -2.32. The smallest absolute Gasteiger partial charge is 0.255 e. The van der Waals surface area contributed by atoms with Crippen molar-refractivity contribution in [2.45, 2.75) is 43.0 Å². The van der Waals surface area contributed by atoms with Gasteiger partial charge in [-0.3, -0.25) is 4.79 Å². The van der Waals surface area contributed by atoms with Crippen LogP contribution >= 0.6 is 15.9 Å². The van der Waals surface area contributed by atoms with Crippen molar-refractivity contribution < 1.29 is 22.7 Å². The minimum Gasteiger partial charge on any atom is -0.454 e. The zero-order chi connectivity index (χ0) is 22.6. The molecule has 32 heavy (non-hydrogen) atoms. The van der Waals surface area contributed by atoms with E-state index in [1.165, 1.54) is 10.5 Å². The molecule has 4 rings (SSSR count). The zero-order valence-corrected chi connectivity index (χ0v) is 19.8. The highest BCUT2D eigenvalue weighted by atomic mass is 79.9. The molecule has 0 aromatic heterocycles. The van der Waals surface area contributed by atoms with E-state index in [1.807, 2.05) is 0 Å². The molecule has 0 radical (unpaired) electrons. The number of nitrogens with one attached hydrogen (secondary N) is 1. The normalized spacial score (nSPS) is 16.6. The standard InChI is InChI=1S/C22H24BrN3O5S/c23-17-7-9-19(10-8-17)32(28,29)26(18-4-2-1-3-5-18)14-22(27)25-24-13-16-6-11-20-21(12-16)31-15-30-20/h6-13,18H,1-5,14-15H2,(H,25,27)/b24-13-. The number of fused-ring (bicyclic) bond motifs is 1. The Bertz CT molecular complexity index is 1100. The van der Waals surface area contributed by atoms with E-state index in [2.05, 4.69) is 26.5 Å². The molecule has 1 saturated carbocycles. The number of carbonyl (C=O) groups is 1. The van der Waals surface area contributed by atoms with Gasteiger partial charge in [0, 0.05) is 10.5 Å². The molecular formula is C22H24BrN3O5S. The summed E-state index contributed by atoms with van der Waals surface area (Å²) in [5, 5.41) is 3.98. The molecule has 0 bridgehead atoms. The van der Waals surface area contributed by atoms with E-state index in [1.54, 1.807) is 42.5 Å². The van der Waals surface area contributed by atoms with Gasteiger partial charge in [-0.2, -0.15) is 9.41 Å². The predicted molar refractivity (Wildman–Crippen MR) is 123 cm³/mol. The number of ether oxygens (including phenoxy) is 2. The van der Waals surface area contributed by atoms with Crippen molar-refractivity contribution >= 4 is 38.1 Å². The first-order valence-corrected chi connectivity index (χ1v) is 12.7. The Balaban J connectivity index is 1.46. The second-order valence-electron chi connectivity index (χ2n) is 7.70. The van der Waals surface area contributed by atoms with Gasteiger partial charge in [0.2, 0.25) is 16.8 Å². The van der Waals surface area contributed by atoms with Crippen molar-refractivity contribution in [3.05, 3.63) is 52.5 Å². The summed E-state index contributed by atoms with van der Waals surface area (Å²) in [5.74, 6) is 0.782. The van der Waals surface area contributed by atoms with Crippen molar-refractivity contribution in [3.63, 3.8) is 0 Å². The Kier molecular flexibility index (Phi) is 7.12. The molecule has 8 nitrogen and oxygen atoms in total. The van der Waals surface area contributed by atoms with E-state index in [0.29, 0.717) is 11.5 Å². The van der Waals surface area contributed by atoms with Crippen LogP contribution in [0.2, 0.25) is 0 Å². The second-order valence-corrected chi connectivity index (χ2v) is 10.5. The maximum absolute atomic E-state index is 13.3.